The predicted molar refractivity (Wildman–Crippen MR) is 102 cm³/mol. The van der Waals surface area contributed by atoms with Gasteiger partial charge in [-0.1, -0.05) is 33.8 Å². The van der Waals surface area contributed by atoms with E-state index in [-0.39, 0.29) is 12.0 Å². The Bertz CT molecular complexity index is 801. The molecule has 25 heavy (non-hydrogen) atoms. The number of aromatic nitrogens is 3. The van der Waals surface area contributed by atoms with Gasteiger partial charge in [0.25, 0.3) is 0 Å². The van der Waals surface area contributed by atoms with Crippen molar-refractivity contribution in [1.29, 1.82) is 0 Å². The van der Waals surface area contributed by atoms with Crippen LogP contribution in [0.5, 0.6) is 5.75 Å². The number of nitrogens with one attached hydrogen (secondary N) is 1. The first-order valence-electron chi connectivity index (χ1n) is 9.02. The monoisotopic (exact) mass is 361 g/mol. The molecule has 1 saturated heterocycles. The van der Waals surface area contributed by atoms with Gasteiger partial charge in [-0.05, 0) is 54.1 Å². The van der Waals surface area contributed by atoms with Gasteiger partial charge in [0.05, 0.1) is 18.2 Å². The lowest BCUT2D eigenvalue weighted by atomic mass is 9.91. The third-order valence-corrected chi connectivity index (χ3v) is 5.17. The standard InChI is InChI=1S/C19H27N3O2S/c1-11(2)13-8-15(12(3)4)17(23)16(9-13)18-20-21-19(25)22(18)10-14-6-5-7-24-14/h8-9,11-12,14,23H,5-7,10H2,1-4H3,(H,21,25)/t14-/m0/s1. The predicted octanol–water partition coefficient (Wildman–Crippen LogP) is 4.74. The van der Waals surface area contributed by atoms with Gasteiger partial charge in [0.15, 0.2) is 10.6 Å². The molecule has 0 spiro atoms. The number of phenolic OH excluding ortho intramolecular Hbond substituents is 1. The highest BCUT2D eigenvalue weighted by atomic mass is 32.1. The first kappa shape index (κ1) is 18.1. The van der Waals surface area contributed by atoms with Crippen molar-refractivity contribution < 1.29 is 9.84 Å². The fraction of sp³-hybridized carbons (Fsp3) is 0.579. The zero-order chi connectivity index (χ0) is 18.1. The van der Waals surface area contributed by atoms with E-state index in [1.165, 1.54) is 5.56 Å². The lowest BCUT2D eigenvalue weighted by Crippen LogP contribution is -2.16. The van der Waals surface area contributed by atoms with Crippen LogP contribution in [0.3, 0.4) is 0 Å². The molecule has 0 aliphatic carbocycles. The third-order valence-electron chi connectivity index (χ3n) is 4.86. The van der Waals surface area contributed by atoms with Crippen LogP contribution in [0.4, 0.5) is 0 Å². The fourth-order valence-electron chi connectivity index (χ4n) is 3.31. The van der Waals surface area contributed by atoms with Crippen LogP contribution in [0.15, 0.2) is 12.1 Å². The summed E-state index contributed by atoms with van der Waals surface area (Å²) in [4.78, 5) is 0. The number of rotatable bonds is 5. The number of hydrogen-bond acceptors (Lipinski definition) is 4. The second-order valence-corrected chi connectivity index (χ2v) is 7.80. The van der Waals surface area contributed by atoms with E-state index in [1.807, 2.05) is 10.6 Å². The average Bonchev–Trinajstić information content (AvgIpc) is 3.19. The van der Waals surface area contributed by atoms with Gasteiger partial charge >= 0.3 is 0 Å². The zero-order valence-corrected chi connectivity index (χ0v) is 16.2. The Hall–Kier alpha value is -1.66. The molecule has 5 nitrogen and oxygen atoms in total. The molecule has 0 amide bonds. The third kappa shape index (κ3) is 3.65. The van der Waals surface area contributed by atoms with E-state index < -0.39 is 0 Å². The second-order valence-electron chi connectivity index (χ2n) is 7.41. The minimum absolute atomic E-state index is 0.156. The van der Waals surface area contributed by atoms with Crippen LogP contribution in [0.2, 0.25) is 0 Å². The number of aromatic hydroxyl groups is 1. The number of benzene rings is 1. The van der Waals surface area contributed by atoms with E-state index >= 15 is 0 Å². The maximum Gasteiger partial charge on any atom is 0.195 e. The molecule has 2 heterocycles. The van der Waals surface area contributed by atoms with Gasteiger partial charge < -0.3 is 9.84 Å². The Morgan fingerprint density at radius 2 is 2.08 bits per heavy atom. The molecule has 1 aliphatic heterocycles. The van der Waals surface area contributed by atoms with Gasteiger partial charge in [0.1, 0.15) is 5.75 Å². The minimum Gasteiger partial charge on any atom is -0.507 e. The van der Waals surface area contributed by atoms with E-state index in [0.29, 0.717) is 28.8 Å². The normalized spacial score (nSPS) is 17.8. The summed E-state index contributed by atoms with van der Waals surface area (Å²) in [5.74, 6) is 1.57. The van der Waals surface area contributed by atoms with Gasteiger partial charge in [-0.2, -0.15) is 5.10 Å². The SMILES string of the molecule is CC(C)c1cc(-c2n[nH]c(=S)n2C[C@@H]2CCCO2)c(O)c(C(C)C)c1. The Morgan fingerprint density at radius 3 is 2.68 bits per heavy atom. The molecule has 1 atom stereocenters. The molecule has 1 aromatic heterocycles. The van der Waals surface area contributed by atoms with E-state index in [2.05, 4.69) is 44.0 Å². The number of hydrogen-bond donors (Lipinski definition) is 2. The van der Waals surface area contributed by atoms with Crippen LogP contribution in [-0.4, -0.2) is 32.6 Å². The van der Waals surface area contributed by atoms with Crippen LogP contribution >= 0.6 is 12.2 Å². The molecule has 6 heteroatoms. The summed E-state index contributed by atoms with van der Waals surface area (Å²) in [6.45, 7) is 9.95. The number of phenols is 1. The molecule has 0 bridgehead atoms. The quantitative estimate of drug-likeness (QED) is 0.755. The lowest BCUT2D eigenvalue weighted by molar-refractivity contribution is 0.0969. The molecule has 1 aromatic carbocycles. The molecule has 3 rings (SSSR count). The summed E-state index contributed by atoms with van der Waals surface area (Å²) >= 11 is 5.43. The molecule has 0 saturated carbocycles. The molecular formula is C19H27N3O2S. The summed E-state index contributed by atoms with van der Waals surface area (Å²) in [6.07, 6.45) is 2.27. The highest BCUT2D eigenvalue weighted by Gasteiger charge is 2.23. The fourth-order valence-corrected chi connectivity index (χ4v) is 3.52. The Morgan fingerprint density at radius 1 is 1.32 bits per heavy atom. The van der Waals surface area contributed by atoms with Crippen molar-refractivity contribution in [1.82, 2.24) is 14.8 Å². The lowest BCUT2D eigenvalue weighted by Gasteiger charge is -2.18. The number of ether oxygens (including phenoxy) is 1. The molecule has 2 aromatic rings. The second kappa shape index (κ2) is 7.30. The molecule has 136 valence electrons. The van der Waals surface area contributed by atoms with Crippen molar-refractivity contribution >= 4 is 12.2 Å². The zero-order valence-electron chi connectivity index (χ0n) is 15.4. The van der Waals surface area contributed by atoms with Gasteiger partial charge in [-0.3, -0.25) is 9.67 Å². The van der Waals surface area contributed by atoms with E-state index in [9.17, 15) is 5.11 Å². The Labute approximate surface area is 154 Å². The minimum atomic E-state index is 0.156. The van der Waals surface area contributed by atoms with E-state index in [0.717, 1.165) is 30.6 Å². The highest BCUT2D eigenvalue weighted by molar-refractivity contribution is 7.71. The smallest absolute Gasteiger partial charge is 0.195 e. The van der Waals surface area contributed by atoms with Crippen LogP contribution in [0.1, 0.15) is 63.5 Å². The molecule has 0 unspecified atom stereocenters. The molecule has 1 aliphatic rings. The number of H-pyrrole nitrogens is 1. The van der Waals surface area contributed by atoms with Gasteiger partial charge in [0, 0.05) is 6.61 Å². The summed E-state index contributed by atoms with van der Waals surface area (Å²) in [5, 5.41) is 18.2. The van der Waals surface area contributed by atoms with E-state index in [1.54, 1.807) is 0 Å². The highest BCUT2D eigenvalue weighted by Crippen LogP contribution is 2.38. The van der Waals surface area contributed by atoms with Crippen LogP contribution in [0, 0.1) is 4.77 Å². The molecular weight excluding hydrogens is 334 g/mol. The summed E-state index contributed by atoms with van der Waals surface area (Å²) < 4.78 is 8.27. The number of aromatic amines is 1. The van der Waals surface area contributed by atoms with Crippen LogP contribution < -0.4 is 0 Å². The van der Waals surface area contributed by atoms with Crippen molar-refractivity contribution in [2.45, 2.75) is 65.0 Å². The van der Waals surface area contributed by atoms with Crippen LogP contribution in [0.25, 0.3) is 11.4 Å². The van der Waals surface area contributed by atoms with Gasteiger partial charge in [0.2, 0.25) is 0 Å². The topological polar surface area (TPSA) is 63.1 Å². The summed E-state index contributed by atoms with van der Waals surface area (Å²) in [7, 11) is 0. The molecule has 0 radical (unpaired) electrons. The Kier molecular flexibility index (Phi) is 5.29. The summed E-state index contributed by atoms with van der Waals surface area (Å²) in [6, 6.07) is 4.13. The van der Waals surface area contributed by atoms with Crippen molar-refractivity contribution in [2.24, 2.45) is 0 Å². The van der Waals surface area contributed by atoms with Crippen molar-refractivity contribution in [3.8, 4) is 17.1 Å². The van der Waals surface area contributed by atoms with Gasteiger partial charge in [-0.15, -0.1) is 0 Å². The maximum absolute atomic E-state index is 10.9. The number of nitrogens with zero attached hydrogens (tertiary/aromatic N) is 2. The van der Waals surface area contributed by atoms with E-state index in [4.69, 9.17) is 17.0 Å². The summed E-state index contributed by atoms with van der Waals surface area (Å²) in [5.41, 5.74) is 2.87. The first-order valence-corrected chi connectivity index (χ1v) is 9.43. The first-order chi connectivity index (χ1) is 11.9. The van der Waals surface area contributed by atoms with Crippen molar-refractivity contribution in [3.63, 3.8) is 0 Å². The van der Waals surface area contributed by atoms with Crippen molar-refractivity contribution in [2.75, 3.05) is 6.61 Å². The molecule has 2 N–H and O–H groups in total. The largest absolute Gasteiger partial charge is 0.507 e. The van der Waals surface area contributed by atoms with Crippen LogP contribution in [-0.2, 0) is 11.3 Å². The average molecular weight is 362 g/mol. The maximum atomic E-state index is 10.9. The Balaban J connectivity index is 2.11. The van der Waals surface area contributed by atoms with Crippen molar-refractivity contribution in [3.05, 3.63) is 28.0 Å². The van der Waals surface area contributed by atoms with Gasteiger partial charge in [-0.25, -0.2) is 0 Å². The molecule has 1 fully saturated rings.